The normalized spacial score (nSPS) is 16.3. The number of alkyl halides is 1. The smallest absolute Gasteiger partial charge is 0.133 e. The molecule has 1 fully saturated rings. The summed E-state index contributed by atoms with van der Waals surface area (Å²) in [5, 5.41) is 0. The highest BCUT2D eigenvalue weighted by Gasteiger charge is 2.25. The Balaban J connectivity index is 1.51. The standard InChI is InChI=1S/C24H30F2N2/c1-4-18-7-9-21(22(25)15-18)23-10-8-20(16-27-23)6-5-19-11-13-28(14-12-19)17-24(2,3)26/h4,7-10,15-16,19H,1,5-6,11-14,17H2,2-3H3. The van der Waals surface area contributed by atoms with Crippen LogP contribution in [0.4, 0.5) is 8.78 Å². The van der Waals surface area contributed by atoms with Crippen molar-refractivity contribution in [3.05, 3.63) is 60.1 Å². The molecule has 1 aliphatic rings. The van der Waals surface area contributed by atoms with Crippen molar-refractivity contribution in [2.75, 3.05) is 19.6 Å². The summed E-state index contributed by atoms with van der Waals surface area (Å²) < 4.78 is 28.0. The molecular weight excluding hydrogens is 354 g/mol. The van der Waals surface area contributed by atoms with Gasteiger partial charge in [0, 0.05) is 18.3 Å². The maximum Gasteiger partial charge on any atom is 0.133 e. The lowest BCUT2D eigenvalue weighted by molar-refractivity contribution is 0.0943. The lowest BCUT2D eigenvalue weighted by Gasteiger charge is -2.34. The van der Waals surface area contributed by atoms with Gasteiger partial charge in [-0.1, -0.05) is 24.8 Å². The minimum atomic E-state index is -1.12. The monoisotopic (exact) mass is 384 g/mol. The fourth-order valence-corrected chi connectivity index (χ4v) is 3.93. The molecule has 0 amide bonds. The van der Waals surface area contributed by atoms with Crippen LogP contribution in [0.3, 0.4) is 0 Å². The summed E-state index contributed by atoms with van der Waals surface area (Å²) in [5.74, 6) is 0.406. The predicted octanol–water partition coefficient (Wildman–Crippen LogP) is 5.92. The third-order valence-corrected chi connectivity index (χ3v) is 5.48. The zero-order valence-electron chi connectivity index (χ0n) is 16.9. The first-order valence-corrected chi connectivity index (χ1v) is 10.1. The van der Waals surface area contributed by atoms with Gasteiger partial charge in [0.1, 0.15) is 11.5 Å². The third-order valence-electron chi connectivity index (χ3n) is 5.48. The van der Waals surface area contributed by atoms with Gasteiger partial charge in [0.05, 0.1) is 5.69 Å². The second-order valence-electron chi connectivity index (χ2n) is 8.47. The van der Waals surface area contributed by atoms with Crippen molar-refractivity contribution in [3.8, 4) is 11.3 Å². The van der Waals surface area contributed by atoms with E-state index in [1.165, 1.54) is 11.6 Å². The Labute approximate surface area is 167 Å². The molecule has 0 saturated carbocycles. The van der Waals surface area contributed by atoms with E-state index < -0.39 is 5.67 Å². The Morgan fingerprint density at radius 3 is 2.54 bits per heavy atom. The summed E-state index contributed by atoms with van der Waals surface area (Å²) >= 11 is 0. The Kier molecular flexibility index (Phi) is 6.61. The van der Waals surface area contributed by atoms with Gasteiger partial charge in [-0.05, 0) is 87.9 Å². The van der Waals surface area contributed by atoms with Crippen molar-refractivity contribution in [1.29, 1.82) is 0 Å². The molecule has 150 valence electrons. The molecule has 4 heteroatoms. The molecule has 0 N–H and O–H groups in total. The van der Waals surface area contributed by atoms with E-state index in [-0.39, 0.29) is 5.82 Å². The number of aromatic nitrogens is 1. The van der Waals surface area contributed by atoms with E-state index in [2.05, 4.69) is 16.5 Å². The molecule has 2 heterocycles. The van der Waals surface area contributed by atoms with Crippen LogP contribution < -0.4 is 0 Å². The number of aryl methyl sites for hydroxylation is 1. The van der Waals surface area contributed by atoms with Gasteiger partial charge < -0.3 is 4.90 Å². The van der Waals surface area contributed by atoms with Crippen LogP contribution in [-0.2, 0) is 6.42 Å². The molecule has 28 heavy (non-hydrogen) atoms. The molecule has 2 aromatic rings. The van der Waals surface area contributed by atoms with Crippen molar-refractivity contribution < 1.29 is 8.78 Å². The summed E-state index contributed by atoms with van der Waals surface area (Å²) in [4.78, 5) is 6.70. The Bertz CT molecular complexity index is 785. The van der Waals surface area contributed by atoms with E-state index in [1.807, 2.05) is 24.4 Å². The van der Waals surface area contributed by atoms with Gasteiger partial charge in [0.2, 0.25) is 0 Å². The lowest BCUT2D eigenvalue weighted by Crippen LogP contribution is -2.41. The van der Waals surface area contributed by atoms with E-state index in [0.717, 1.165) is 44.3 Å². The molecule has 0 aliphatic carbocycles. The first-order chi connectivity index (χ1) is 13.3. The van der Waals surface area contributed by atoms with E-state index in [1.54, 1.807) is 26.0 Å². The average Bonchev–Trinajstić information content (AvgIpc) is 2.67. The largest absolute Gasteiger partial charge is 0.300 e. The topological polar surface area (TPSA) is 16.1 Å². The first kappa shape index (κ1) is 20.7. The molecule has 1 aromatic carbocycles. The summed E-state index contributed by atoms with van der Waals surface area (Å²) in [5.41, 5.74) is 1.99. The molecular formula is C24H30F2N2. The van der Waals surface area contributed by atoms with Crippen LogP contribution in [0.25, 0.3) is 17.3 Å². The van der Waals surface area contributed by atoms with Crippen LogP contribution in [0.5, 0.6) is 0 Å². The molecule has 0 atom stereocenters. The average molecular weight is 385 g/mol. The molecule has 0 unspecified atom stereocenters. The van der Waals surface area contributed by atoms with Gasteiger partial charge in [0.15, 0.2) is 0 Å². The molecule has 0 spiro atoms. The molecule has 1 saturated heterocycles. The van der Waals surface area contributed by atoms with Gasteiger partial charge in [-0.2, -0.15) is 0 Å². The summed E-state index contributed by atoms with van der Waals surface area (Å²) in [6, 6.07) is 9.02. The summed E-state index contributed by atoms with van der Waals surface area (Å²) in [7, 11) is 0. The van der Waals surface area contributed by atoms with Crippen LogP contribution in [0.15, 0.2) is 43.1 Å². The van der Waals surface area contributed by atoms with Gasteiger partial charge in [0.25, 0.3) is 0 Å². The minimum Gasteiger partial charge on any atom is -0.300 e. The molecule has 0 bridgehead atoms. The second kappa shape index (κ2) is 8.95. The maximum absolute atomic E-state index is 14.2. The maximum atomic E-state index is 14.2. The Hall–Kier alpha value is -2.07. The molecule has 1 aromatic heterocycles. The molecule has 3 rings (SSSR count). The summed E-state index contributed by atoms with van der Waals surface area (Å²) in [6.07, 6.45) is 7.84. The Morgan fingerprint density at radius 2 is 1.96 bits per heavy atom. The fourth-order valence-electron chi connectivity index (χ4n) is 3.93. The van der Waals surface area contributed by atoms with Crippen molar-refractivity contribution in [3.63, 3.8) is 0 Å². The highest BCUT2D eigenvalue weighted by molar-refractivity contribution is 5.63. The number of halogens is 2. The zero-order valence-corrected chi connectivity index (χ0v) is 16.9. The van der Waals surface area contributed by atoms with E-state index in [9.17, 15) is 8.78 Å². The number of nitrogens with zero attached hydrogens (tertiary/aromatic N) is 2. The van der Waals surface area contributed by atoms with E-state index in [4.69, 9.17) is 0 Å². The van der Waals surface area contributed by atoms with Crippen molar-refractivity contribution in [1.82, 2.24) is 9.88 Å². The van der Waals surface area contributed by atoms with Crippen LogP contribution in [0, 0.1) is 11.7 Å². The van der Waals surface area contributed by atoms with Crippen LogP contribution in [0.2, 0.25) is 0 Å². The van der Waals surface area contributed by atoms with Crippen LogP contribution in [0.1, 0.15) is 44.2 Å². The quantitative estimate of drug-likeness (QED) is 0.589. The zero-order chi connectivity index (χ0) is 20.1. The number of piperidine rings is 1. The van der Waals surface area contributed by atoms with Crippen LogP contribution in [-0.4, -0.2) is 35.2 Å². The SMILES string of the molecule is C=Cc1ccc(-c2ccc(CCC3CCN(CC(C)(C)F)CC3)cn2)c(F)c1. The van der Waals surface area contributed by atoms with Crippen molar-refractivity contribution in [2.24, 2.45) is 5.92 Å². The first-order valence-electron chi connectivity index (χ1n) is 10.1. The molecule has 1 aliphatic heterocycles. The highest BCUT2D eigenvalue weighted by atomic mass is 19.1. The minimum absolute atomic E-state index is 0.277. The van der Waals surface area contributed by atoms with Gasteiger partial charge in [-0.15, -0.1) is 0 Å². The second-order valence-corrected chi connectivity index (χ2v) is 8.47. The lowest BCUT2D eigenvalue weighted by atomic mass is 9.90. The van der Waals surface area contributed by atoms with Gasteiger partial charge in [-0.3, -0.25) is 4.98 Å². The van der Waals surface area contributed by atoms with E-state index >= 15 is 0 Å². The molecule has 2 nitrogen and oxygen atoms in total. The number of hydrogen-bond acceptors (Lipinski definition) is 2. The van der Waals surface area contributed by atoms with Crippen molar-refractivity contribution in [2.45, 2.75) is 45.2 Å². The number of pyridine rings is 1. The van der Waals surface area contributed by atoms with E-state index in [0.29, 0.717) is 23.7 Å². The number of hydrogen-bond donors (Lipinski definition) is 0. The molecule has 0 radical (unpaired) electrons. The third kappa shape index (κ3) is 5.71. The van der Waals surface area contributed by atoms with Crippen LogP contribution >= 0.6 is 0 Å². The van der Waals surface area contributed by atoms with Gasteiger partial charge in [-0.25, -0.2) is 8.78 Å². The number of rotatable bonds is 7. The fraction of sp³-hybridized carbons (Fsp3) is 0.458. The number of likely N-dealkylation sites (tertiary alicyclic amines) is 1. The Morgan fingerprint density at radius 1 is 1.21 bits per heavy atom. The summed E-state index contributed by atoms with van der Waals surface area (Å²) in [6.45, 7) is 9.45. The number of benzene rings is 1. The highest BCUT2D eigenvalue weighted by Crippen LogP contribution is 2.26. The van der Waals surface area contributed by atoms with Crippen molar-refractivity contribution >= 4 is 6.08 Å². The predicted molar refractivity (Wildman–Crippen MR) is 112 cm³/mol. The van der Waals surface area contributed by atoms with Gasteiger partial charge >= 0.3 is 0 Å².